The second kappa shape index (κ2) is 5.18. The first-order valence-electron chi connectivity index (χ1n) is 4.72. The number of benzene rings is 1. The first-order valence-corrected chi connectivity index (χ1v) is 5.10. The van der Waals surface area contributed by atoms with Crippen molar-refractivity contribution in [3.8, 4) is 5.75 Å². The highest BCUT2D eigenvalue weighted by molar-refractivity contribution is 6.32. The van der Waals surface area contributed by atoms with E-state index in [1.54, 1.807) is 24.3 Å². The fourth-order valence-corrected chi connectivity index (χ4v) is 1.27. The van der Waals surface area contributed by atoms with Gasteiger partial charge >= 0.3 is 5.97 Å². The van der Waals surface area contributed by atoms with E-state index in [2.05, 4.69) is 4.74 Å². The van der Waals surface area contributed by atoms with Crippen LogP contribution in [0.25, 0.3) is 0 Å². The molecular formula is C11H14ClNO3. The molecule has 1 aromatic carbocycles. The molecule has 1 unspecified atom stereocenters. The molecule has 88 valence electrons. The van der Waals surface area contributed by atoms with Crippen LogP contribution in [0.1, 0.15) is 6.92 Å². The molecule has 0 aromatic heterocycles. The van der Waals surface area contributed by atoms with Crippen molar-refractivity contribution in [2.75, 3.05) is 13.7 Å². The lowest BCUT2D eigenvalue weighted by Gasteiger charge is -2.21. The van der Waals surface area contributed by atoms with Gasteiger partial charge in [-0.15, -0.1) is 0 Å². The Hall–Kier alpha value is -1.26. The van der Waals surface area contributed by atoms with Gasteiger partial charge in [0.1, 0.15) is 17.9 Å². The largest absolute Gasteiger partial charge is 0.489 e. The van der Waals surface area contributed by atoms with Crippen molar-refractivity contribution in [1.29, 1.82) is 0 Å². The average molecular weight is 244 g/mol. The maximum Gasteiger partial charge on any atom is 0.329 e. The van der Waals surface area contributed by atoms with Crippen LogP contribution in [0.15, 0.2) is 24.3 Å². The van der Waals surface area contributed by atoms with E-state index in [0.29, 0.717) is 10.8 Å². The second-order valence-electron chi connectivity index (χ2n) is 3.63. The molecule has 1 rings (SSSR count). The van der Waals surface area contributed by atoms with Gasteiger partial charge in [-0.2, -0.15) is 0 Å². The van der Waals surface area contributed by atoms with Crippen molar-refractivity contribution in [2.24, 2.45) is 5.73 Å². The van der Waals surface area contributed by atoms with Crippen LogP contribution in [0, 0.1) is 0 Å². The van der Waals surface area contributed by atoms with Crippen LogP contribution in [0.3, 0.4) is 0 Å². The summed E-state index contributed by atoms with van der Waals surface area (Å²) >= 11 is 5.88. The van der Waals surface area contributed by atoms with Crippen molar-refractivity contribution < 1.29 is 14.3 Å². The quantitative estimate of drug-likeness (QED) is 0.817. The number of hydrogen-bond donors (Lipinski definition) is 1. The summed E-state index contributed by atoms with van der Waals surface area (Å²) in [6.45, 7) is 1.54. The third kappa shape index (κ3) is 3.12. The molecule has 0 fully saturated rings. The van der Waals surface area contributed by atoms with Crippen LogP contribution >= 0.6 is 11.6 Å². The summed E-state index contributed by atoms with van der Waals surface area (Å²) in [4.78, 5) is 11.3. The Labute approximate surface area is 99.3 Å². The Kier molecular flexibility index (Phi) is 4.15. The summed E-state index contributed by atoms with van der Waals surface area (Å²) in [7, 11) is 1.28. The summed E-state index contributed by atoms with van der Waals surface area (Å²) in [5.41, 5.74) is 4.54. The van der Waals surface area contributed by atoms with E-state index < -0.39 is 11.5 Å². The van der Waals surface area contributed by atoms with E-state index in [1.807, 2.05) is 0 Å². The summed E-state index contributed by atoms with van der Waals surface area (Å²) in [5.74, 6) is -0.0377. The molecule has 1 atom stereocenters. The van der Waals surface area contributed by atoms with Gasteiger partial charge in [0.05, 0.1) is 12.1 Å². The lowest BCUT2D eigenvalue weighted by Crippen LogP contribution is -2.50. The number of halogens is 1. The normalized spacial score (nSPS) is 14.0. The van der Waals surface area contributed by atoms with E-state index in [4.69, 9.17) is 22.1 Å². The number of esters is 1. The van der Waals surface area contributed by atoms with Crippen molar-refractivity contribution in [2.45, 2.75) is 12.5 Å². The molecule has 0 aliphatic rings. The second-order valence-corrected chi connectivity index (χ2v) is 4.04. The molecule has 16 heavy (non-hydrogen) atoms. The SMILES string of the molecule is COC(=O)C(C)(N)COc1ccccc1Cl. The topological polar surface area (TPSA) is 61.5 Å². The van der Waals surface area contributed by atoms with Crippen LogP contribution in [-0.4, -0.2) is 25.2 Å². The van der Waals surface area contributed by atoms with E-state index >= 15 is 0 Å². The van der Waals surface area contributed by atoms with E-state index in [9.17, 15) is 4.79 Å². The summed E-state index contributed by atoms with van der Waals surface area (Å²) in [6.07, 6.45) is 0. The number of rotatable bonds is 4. The molecule has 0 saturated heterocycles. The van der Waals surface area contributed by atoms with Gasteiger partial charge in [-0.3, -0.25) is 0 Å². The molecule has 0 aliphatic heterocycles. The minimum absolute atomic E-state index is 0.00338. The van der Waals surface area contributed by atoms with Gasteiger partial charge in [-0.05, 0) is 19.1 Å². The Balaban J connectivity index is 2.65. The predicted molar refractivity (Wildman–Crippen MR) is 61.6 cm³/mol. The molecule has 1 aromatic rings. The maximum atomic E-state index is 11.3. The summed E-state index contributed by atoms with van der Waals surface area (Å²) < 4.78 is 9.92. The third-order valence-corrected chi connectivity index (χ3v) is 2.33. The Morgan fingerprint density at radius 2 is 2.12 bits per heavy atom. The fraction of sp³-hybridized carbons (Fsp3) is 0.364. The third-order valence-electron chi connectivity index (χ3n) is 2.02. The number of nitrogens with two attached hydrogens (primary N) is 1. The van der Waals surface area contributed by atoms with Crippen LogP contribution in [-0.2, 0) is 9.53 Å². The molecule has 0 radical (unpaired) electrons. The van der Waals surface area contributed by atoms with Crippen LogP contribution in [0.2, 0.25) is 5.02 Å². The molecule has 2 N–H and O–H groups in total. The lowest BCUT2D eigenvalue weighted by atomic mass is 10.1. The van der Waals surface area contributed by atoms with E-state index in [1.165, 1.54) is 14.0 Å². The fourth-order valence-electron chi connectivity index (χ4n) is 1.08. The first-order chi connectivity index (χ1) is 7.47. The van der Waals surface area contributed by atoms with Gasteiger partial charge in [-0.25, -0.2) is 4.79 Å². The van der Waals surface area contributed by atoms with Gasteiger partial charge in [0.2, 0.25) is 0 Å². The summed E-state index contributed by atoms with van der Waals surface area (Å²) in [5, 5.41) is 0.475. The minimum Gasteiger partial charge on any atom is -0.489 e. The Morgan fingerprint density at radius 1 is 1.50 bits per heavy atom. The molecule has 0 bridgehead atoms. The molecule has 5 heteroatoms. The number of carbonyl (C=O) groups is 1. The molecule has 0 saturated carbocycles. The van der Waals surface area contributed by atoms with Gasteiger partial charge < -0.3 is 15.2 Å². The summed E-state index contributed by atoms with van der Waals surface area (Å²) in [6, 6.07) is 6.98. The Morgan fingerprint density at radius 3 is 2.69 bits per heavy atom. The predicted octanol–water partition coefficient (Wildman–Crippen LogP) is 1.61. The van der Waals surface area contributed by atoms with Crippen molar-refractivity contribution in [1.82, 2.24) is 0 Å². The molecule has 0 amide bonds. The first kappa shape index (κ1) is 12.8. The van der Waals surface area contributed by atoms with Crippen LogP contribution in [0.5, 0.6) is 5.75 Å². The number of ether oxygens (including phenoxy) is 2. The maximum absolute atomic E-state index is 11.3. The van der Waals surface area contributed by atoms with Crippen LogP contribution in [0.4, 0.5) is 0 Å². The molecular weight excluding hydrogens is 230 g/mol. The van der Waals surface area contributed by atoms with Crippen LogP contribution < -0.4 is 10.5 Å². The molecule has 0 heterocycles. The van der Waals surface area contributed by atoms with Crippen molar-refractivity contribution in [3.05, 3.63) is 29.3 Å². The van der Waals surface area contributed by atoms with E-state index in [-0.39, 0.29) is 6.61 Å². The highest BCUT2D eigenvalue weighted by Crippen LogP contribution is 2.23. The Bertz CT molecular complexity index is 379. The molecule has 0 spiro atoms. The highest BCUT2D eigenvalue weighted by Gasteiger charge is 2.30. The van der Waals surface area contributed by atoms with Gasteiger partial charge in [0.25, 0.3) is 0 Å². The van der Waals surface area contributed by atoms with E-state index in [0.717, 1.165) is 0 Å². The van der Waals surface area contributed by atoms with Crippen molar-refractivity contribution in [3.63, 3.8) is 0 Å². The number of methoxy groups -OCH3 is 1. The standard InChI is InChI=1S/C11H14ClNO3/c1-11(13,10(14)15-2)7-16-9-6-4-3-5-8(9)12/h3-6H,7,13H2,1-2H3. The minimum atomic E-state index is -1.19. The van der Waals surface area contributed by atoms with Gasteiger partial charge in [0, 0.05) is 0 Å². The monoisotopic (exact) mass is 243 g/mol. The smallest absolute Gasteiger partial charge is 0.329 e. The van der Waals surface area contributed by atoms with Crippen molar-refractivity contribution >= 4 is 17.6 Å². The zero-order valence-corrected chi connectivity index (χ0v) is 9.95. The van der Waals surface area contributed by atoms with Gasteiger partial charge in [0.15, 0.2) is 0 Å². The lowest BCUT2D eigenvalue weighted by molar-refractivity contribution is -0.147. The highest BCUT2D eigenvalue weighted by atomic mass is 35.5. The molecule has 4 nitrogen and oxygen atoms in total. The number of para-hydroxylation sites is 1. The number of carbonyl (C=O) groups excluding carboxylic acids is 1. The zero-order chi connectivity index (χ0) is 12.2. The number of hydrogen-bond acceptors (Lipinski definition) is 4. The van der Waals surface area contributed by atoms with Gasteiger partial charge in [-0.1, -0.05) is 23.7 Å². The zero-order valence-electron chi connectivity index (χ0n) is 9.20. The molecule has 0 aliphatic carbocycles. The average Bonchev–Trinajstić information content (AvgIpc) is 2.27.